The molecular weight excluding hydrogens is 235 g/mol. The molecule has 0 aromatic rings. The monoisotopic (exact) mass is 248 g/mol. The van der Waals surface area contributed by atoms with Crippen LogP contribution in [0.1, 0.15) is 20.3 Å². The van der Waals surface area contributed by atoms with E-state index in [1.54, 1.807) is 0 Å². The molecule has 15 heavy (non-hydrogen) atoms. The van der Waals surface area contributed by atoms with Gasteiger partial charge in [0.1, 0.15) is 4.84 Å². The molecule has 0 radical (unpaired) electrons. The van der Waals surface area contributed by atoms with Crippen molar-refractivity contribution in [1.29, 1.82) is 0 Å². The molecule has 0 aliphatic heterocycles. The van der Waals surface area contributed by atoms with Gasteiger partial charge in [-0.3, -0.25) is 4.79 Å². The van der Waals surface area contributed by atoms with E-state index < -0.39 is 4.84 Å². The zero-order chi connectivity index (χ0) is 11.4. The van der Waals surface area contributed by atoms with E-state index in [1.165, 1.54) is 0 Å². The first kappa shape index (κ1) is 12.5. The van der Waals surface area contributed by atoms with Gasteiger partial charge in [-0.05, 0) is 20.3 Å². The number of nitrogens with zero attached hydrogens (tertiary/aromatic N) is 1. The number of halogens is 2. The van der Waals surface area contributed by atoms with E-state index in [-0.39, 0.29) is 17.7 Å². The average molecular weight is 249 g/mol. The van der Waals surface area contributed by atoms with Crippen molar-refractivity contribution in [2.45, 2.75) is 25.1 Å². The molecule has 0 spiro atoms. The molecule has 0 fully saturated rings. The van der Waals surface area contributed by atoms with Crippen molar-refractivity contribution in [2.75, 3.05) is 0 Å². The summed E-state index contributed by atoms with van der Waals surface area (Å²) in [4.78, 5) is 11.1. The van der Waals surface area contributed by atoms with E-state index in [4.69, 9.17) is 23.2 Å². The van der Waals surface area contributed by atoms with Gasteiger partial charge in [0.25, 0.3) is 0 Å². The normalized spacial score (nSPS) is 24.3. The Morgan fingerprint density at radius 2 is 2.20 bits per heavy atom. The zero-order valence-electron chi connectivity index (χ0n) is 8.71. The molecule has 1 aliphatic carbocycles. The molecule has 5 heteroatoms. The molecule has 0 heterocycles. The van der Waals surface area contributed by atoms with Crippen LogP contribution in [0.15, 0.2) is 17.3 Å². The largest absolute Gasteiger partial charge is 0.273 e. The van der Waals surface area contributed by atoms with Crippen LogP contribution in [0.5, 0.6) is 0 Å². The molecule has 1 amide bonds. The third-order valence-electron chi connectivity index (χ3n) is 2.23. The van der Waals surface area contributed by atoms with E-state index in [2.05, 4.69) is 10.5 Å². The fraction of sp³-hybridized carbons (Fsp3) is 0.600. The molecule has 1 rings (SSSR count). The topological polar surface area (TPSA) is 41.5 Å². The number of hydrogen-bond acceptors (Lipinski definition) is 2. The van der Waals surface area contributed by atoms with Crippen molar-refractivity contribution in [3.63, 3.8) is 0 Å². The van der Waals surface area contributed by atoms with E-state index in [0.29, 0.717) is 6.42 Å². The fourth-order valence-corrected chi connectivity index (χ4v) is 1.98. The maximum absolute atomic E-state index is 11.7. The lowest BCUT2D eigenvalue weighted by molar-refractivity contribution is -0.125. The molecule has 1 N–H and O–H groups in total. The van der Waals surface area contributed by atoms with Gasteiger partial charge in [0, 0.05) is 11.6 Å². The van der Waals surface area contributed by atoms with Crippen LogP contribution in [0, 0.1) is 11.8 Å². The van der Waals surface area contributed by atoms with Gasteiger partial charge in [-0.2, -0.15) is 5.10 Å². The number of carbonyl (C=O) groups excluding carboxylic acids is 1. The lowest BCUT2D eigenvalue weighted by atomic mass is 9.96. The number of hydrogen-bond donors (Lipinski definition) is 1. The van der Waals surface area contributed by atoms with Crippen LogP contribution >= 0.6 is 23.2 Å². The first-order valence-electron chi connectivity index (χ1n) is 4.78. The third kappa shape index (κ3) is 3.50. The number of alkyl halides is 2. The summed E-state index contributed by atoms with van der Waals surface area (Å²) in [6.07, 6.45) is 4.48. The molecule has 2 atom stereocenters. The van der Waals surface area contributed by atoms with E-state index >= 15 is 0 Å². The first-order valence-corrected chi connectivity index (χ1v) is 5.65. The summed E-state index contributed by atoms with van der Waals surface area (Å²) >= 11 is 11.6. The molecule has 0 saturated carbocycles. The van der Waals surface area contributed by atoms with Crippen molar-refractivity contribution >= 4 is 34.8 Å². The van der Waals surface area contributed by atoms with Crippen molar-refractivity contribution in [2.24, 2.45) is 16.9 Å². The molecule has 0 aromatic carbocycles. The van der Waals surface area contributed by atoms with Crippen molar-refractivity contribution in [3.8, 4) is 0 Å². The summed E-state index contributed by atoms with van der Waals surface area (Å²) < 4.78 is 0. The number of nitrogens with one attached hydrogen (secondary N) is 1. The van der Waals surface area contributed by atoms with Gasteiger partial charge in [-0.15, -0.1) is 23.2 Å². The second kappa shape index (κ2) is 5.52. The Kier molecular flexibility index (Phi) is 4.61. The summed E-state index contributed by atoms with van der Waals surface area (Å²) in [7, 11) is 0. The highest BCUT2D eigenvalue weighted by Crippen LogP contribution is 2.32. The van der Waals surface area contributed by atoms with E-state index in [9.17, 15) is 4.79 Å². The van der Waals surface area contributed by atoms with Crippen molar-refractivity contribution in [1.82, 2.24) is 5.43 Å². The summed E-state index contributed by atoms with van der Waals surface area (Å²) in [5.41, 5.74) is 3.31. The lowest BCUT2D eigenvalue weighted by Crippen LogP contribution is -2.32. The summed E-state index contributed by atoms with van der Waals surface area (Å²) in [5.74, 6) is -0.439. The van der Waals surface area contributed by atoms with Gasteiger partial charge in [0.05, 0.1) is 5.92 Å². The van der Waals surface area contributed by atoms with Gasteiger partial charge in [-0.1, -0.05) is 12.2 Å². The minimum absolute atomic E-state index is 0.110. The van der Waals surface area contributed by atoms with Gasteiger partial charge in [0.15, 0.2) is 0 Å². The average Bonchev–Trinajstić information content (AvgIpc) is 2.62. The van der Waals surface area contributed by atoms with Gasteiger partial charge >= 0.3 is 0 Å². The second-order valence-corrected chi connectivity index (χ2v) is 4.88. The summed E-state index contributed by atoms with van der Waals surface area (Å²) in [6, 6.07) is 0. The maximum atomic E-state index is 11.7. The second-order valence-electron chi connectivity index (χ2n) is 3.72. The Labute approximate surface area is 99.5 Å². The van der Waals surface area contributed by atoms with Gasteiger partial charge in [-0.25, -0.2) is 5.43 Å². The van der Waals surface area contributed by atoms with Crippen molar-refractivity contribution < 1.29 is 4.79 Å². The Morgan fingerprint density at radius 3 is 2.73 bits per heavy atom. The molecule has 0 aromatic heterocycles. The molecular formula is C10H14Cl2N2O. The molecule has 3 nitrogen and oxygen atoms in total. The van der Waals surface area contributed by atoms with Crippen LogP contribution in [-0.4, -0.2) is 16.5 Å². The summed E-state index contributed by atoms with van der Waals surface area (Å²) in [6.45, 7) is 3.63. The first-order chi connectivity index (χ1) is 7.02. The Hall–Kier alpha value is -0.540. The lowest BCUT2D eigenvalue weighted by Gasteiger charge is -2.18. The minimum Gasteiger partial charge on any atom is -0.273 e. The number of hydrazone groups is 1. The Balaban J connectivity index is 2.57. The molecule has 0 saturated heterocycles. The van der Waals surface area contributed by atoms with E-state index in [1.807, 2.05) is 26.0 Å². The predicted molar refractivity (Wildman–Crippen MR) is 63.2 cm³/mol. The standard InChI is InChI=1S/C10H14Cl2N2O/c1-6(2)13-14-10(15)8-5-3-4-7(8)9(11)12/h3-4,7-9H,5H2,1-2H3,(H,14,15)/t7-,8-/m0/s1. The van der Waals surface area contributed by atoms with Gasteiger partial charge in [0.2, 0.25) is 5.91 Å². The quantitative estimate of drug-likeness (QED) is 0.355. The summed E-state index contributed by atoms with van der Waals surface area (Å²) in [5, 5.41) is 3.87. The third-order valence-corrected chi connectivity index (χ3v) is 2.81. The van der Waals surface area contributed by atoms with Crippen LogP contribution in [0.2, 0.25) is 0 Å². The Bertz CT molecular complexity index is 296. The van der Waals surface area contributed by atoms with Crippen LogP contribution in [0.4, 0.5) is 0 Å². The fourth-order valence-electron chi connectivity index (χ4n) is 1.46. The number of allylic oxidation sites excluding steroid dienone is 2. The van der Waals surface area contributed by atoms with E-state index in [0.717, 1.165) is 5.71 Å². The van der Waals surface area contributed by atoms with Gasteiger partial charge < -0.3 is 0 Å². The van der Waals surface area contributed by atoms with Crippen LogP contribution in [-0.2, 0) is 4.79 Å². The smallest absolute Gasteiger partial charge is 0.244 e. The van der Waals surface area contributed by atoms with Crippen LogP contribution < -0.4 is 5.43 Å². The predicted octanol–water partition coefficient (Wildman–Crippen LogP) is 2.49. The number of amides is 1. The highest BCUT2D eigenvalue weighted by atomic mass is 35.5. The SMILES string of the molecule is CC(C)=NNC(=O)[C@H]1CC=C[C@@H]1C(Cl)Cl. The Morgan fingerprint density at radius 1 is 1.53 bits per heavy atom. The minimum atomic E-state index is -0.550. The van der Waals surface area contributed by atoms with Crippen molar-refractivity contribution in [3.05, 3.63) is 12.2 Å². The molecule has 1 aliphatic rings. The number of rotatable bonds is 3. The highest BCUT2D eigenvalue weighted by Gasteiger charge is 2.33. The number of carbonyl (C=O) groups is 1. The molecule has 0 unspecified atom stereocenters. The highest BCUT2D eigenvalue weighted by molar-refractivity contribution is 6.44. The van der Waals surface area contributed by atoms with Crippen LogP contribution in [0.25, 0.3) is 0 Å². The van der Waals surface area contributed by atoms with Crippen LogP contribution in [0.3, 0.4) is 0 Å². The molecule has 0 bridgehead atoms. The molecule has 84 valence electrons. The zero-order valence-corrected chi connectivity index (χ0v) is 10.2. The maximum Gasteiger partial charge on any atom is 0.244 e.